The number of fused-ring (bicyclic) bond motifs is 1. The molecular weight excluding hydrogens is 406 g/mol. The maximum absolute atomic E-state index is 13.1. The Morgan fingerprint density at radius 2 is 1.68 bits per heavy atom. The summed E-state index contributed by atoms with van der Waals surface area (Å²) in [6.45, 7) is 3.26. The lowest BCUT2D eigenvalue weighted by Crippen LogP contribution is -2.25. The highest BCUT2D eigenvalue weighted by Crippen LogP contribution is 2.49. The van der Waals surface area contributed by atoms with Crippen LogP contribution in [0.25, 0.3) is 5.57 Å². The molecule has 28 heavy (non-hydrogen) atoms. The van der Waals surface area contributed by atoms with E-state index in [0.717, 1.165) is 7.11 Å². The number of carbonyl (C=O) groups is 2. The number of primary amides is 1. The molecular formula is C18H23NO7S2. The van der Waals surface area contributed by atoms with Crippen molar-refractivity contribution in [2.45, 2.75) is 31.9 Å². The fourth-order valence-electron chi connectivity index (χ4n) is 3.43. The fourth-order valence-corrected chi connectivity index (χ4v) is 7.88. The van der Waals surface area contributed by atoms with Gasteiger partial charge in [0, 0.05) is 5.56 Å². The number of ether oxygens (including phenoxy) is 1. The van der Waals surface area contributed by atoms with E-state index in [1.807, 2.05) is 0 Å². The number of methoxy groups -OCH3 is 1. The van der Waals surface area contributed by atoms with Gasteiger partial charge in [0.15, 0.2) is 19.7 Å². The highest BCUT2D eigenvalue weighted by molar-refractivity contribution is 7.98. The van der Waals surface area contributed by atoms with Crippen LogP contribution in [-0.4, -0.2) is 47.3 Å². The van der Waals surface area contributed by atoms with Crippen LogP contribution >= 0.6 is 0 Å². The number of hydrogen-bond donors (Lipinski definition) is 1. The van der Waals surface area contributed by atoms with E-state index < -0.39 is 41.7 Å². The molecule has 10 heteroatoms. The first-order chi connectivity index (χ1) is 13.0. The van der Waals surface area contributed by atoms with Crippen LogP contribution in [-0.2, 0) is 29.2 Å². The first kappa shape index (κ1) is 22.1. The summed E-state index contributed by atoms with van der Waals surface area (Å²) < 4.78 is 57.0. The Bertz CT molecular complexity index is 1050. The van der Waals surface area contributed by atoms with E-state index in [1.165, 1.54) is 18.2 Å². The van der Waals surface area contributed by atoms with Crippen LogP contribution in [0.3, 0.4) is 0 Å². The van der Waals surface area contributed by atoms with Gasteiger partial charge >= 0.3 is 5.97 Å². The van der Waals surface area contributed by atoms with Gasteiger partial charge in [0.2, 0.25) is 5.91 Å². The van der Waals surface area contributed by atoms with E-state index in [1.54, 1.807) is 13.8 Å². The van der Waals surface area contributed by atoms with Gasteiger partial charge in [0.1, 0.15) is 5.25 Å². The molecule has 1 aliphatic rings. The topological polar surface area (TPSA) is 138 Å². The van der Waals surface area contributed by atoms with Gasteiger partial charge < -0.3 is 10.5 Å². The van der Waals surface area contributed by atoms with Crippen molar-refractivity contribution in [1.82, 2.24) is 0 Å². The van der Waals surface area contributed by atoms with Gasteiger partial charge in [-0.2, -0.15) is 0 Å². The Morgan fingerprint density at radius 3 is 2.18 bits per heavy atom. The first-order valence-corrected chi connectivity index (χ1v) is 12.1. The Balaban J connectivity index is 3.03. The lowest BCUT2D eigenvalue weighted by Gasteiger charge is -2.19. The zero-order valence-corrected chi connectivity index (χ0v) is 17.5. The number of amides is 1. The summed E-state index contributed by atoms with van der Waals surface area (Å²) >= 11 is 0. The zero-order chi connectivity index (χ0) is 21.3. The number of rotatable bonds is 8. The van der Waals surface area contributed by atoms with E-state index in [0.29, 0.717) is 0 Å². The molecule has 1 amide bonds. The number of sulfone groups is 2. The predicted molar refractivity (Wildman–Crippen MR) is 105 cm³/mol. The molecule has 154 valence electrons. The fraction of sp³-hybridized carbons (Fsp3) is 0.444. The van der Waals surface area contributed by atoms with Gasteiger partial charge in [-0.15, -0.1) is 0 Å². The van der Waals surface area contributed by atoms with Crippen LogP contribution in [0.2, 0.25) is 0 Å². The van der Waals surface area contributed by atoms with Crippen molar-refractivity contribution in [3.8, 4) is 0 Å². The SMILES string of the molecule is CCCS(=O)(=O)C1=C(C(=O)OC)c2cccc(C(N)=O)c2[C@@H]1S(=O)(=O)CCC. The molecule has 0 radical (unpaired) electrons. The second-order valence-corrected chi connectivity index (χ2v) is 10.7. The van der Waals surface area contributed by atoms with Gasteiger partial charge in [-0.3, -0.25) is 4.79 Å². The van der Waals surface area contributed by atoms with Gasteiger partial charge in [-0.05, 0) is 30.0 Å². The van der Waals surface area contributed by atoms with Crippen molar-refractivity contribution in [2.24, 2.45) is 5.73 Å². The molecule has 0 saturated carbocycles. The number of esters is 1. The normalized spacial score (nSPS) is 16.8. The van der Waals surface area contributed by atoms with Crippen LogP contribution < -0.4 is 5.73 Å². The number of nitrogens with two attached hydrogens (primary N) is 1. The third-order valence-electron chi connectivity index (χ3n) is 4.43. The smallest absolute Gasteiger partial charge is 0.339 e. The van der Waals surface area contributed by atoms with Crippen molar-refractivity contribution >= 4 is 37.1 Å². The lowest BCUT2D eigenvalue weighted by molar-refractivity contribution is -0.133. The maximum Gasteiger partial charge on any atom is 0.339 e. The van der Waals surface area contributed by atoms with Crippen molar-refractivity contribution in [1.29, 1.82) is 0 Å². The van der Waals surface area contributed by atoms with E-state index in [2.05, 4.69) is 0 Å². The average Bonchev–Trinajstić information content (AvgIpc) is 2.97. The average molecular weight is 430 g/mol. The Kier molecular flexibility index (Phi) is 6.34. The number of carbonyl (C=O) groups excluding carboxylic acids is 2. The molecule has 0 heterocycles. The van der Waals surface area contributed by atoms with Crippen molar-refractivity contribution in [3.05, 3.63) is 39.8 Å². The van der Waals surface area contributed by atoms with Crippen LogP contribution in [0.1, 0.15) is 53.4 Å². The molecule has 0 unspecified atom stereocenters. The summed E-state index contributed by atoms with van der Waals surface area (Å²) in [6.07, 6.45) is 0.460. The maximum atomic E-state index is 13.1. The van der Waals surface area contributed by atoms with Gasteiger partial charge in [0.05, 0.1) is 29.1 Å². The second-order valence-electron chi connectivity index (χ2n) is 6.43. The largest absolute Gasteiger partial charge is 0.465 e. The minimum absolute atomic E-state index is 0.0440. The van der Waals surface area contributed by atoms with Crippen LogP contribution in [0.5, 0.6) is 0 Å². The van der Waals surface area contributed by atoms with Crippen molar-refractivity contribution < 1.29 is 31.2 Å². The summed E-state index contributed by atoms with van der Waals surface area (Å²) in [6, 6.07) is 4.14. The Morgan fingerprint density at radius 1 is 1.07 bits per heavy atom. The van der Waals surface area contributed by atoms with E-state index >= 15 is 0 Å². The molecule has 2 rings (SSSR count). The highest BCUT2D eigenvalue weighted by Gasteiger charge is 2.48. The summed E-state index contributed by atoms with van der Waals surface area (Å²) in [5.74, 6) is -2.55. The third-order valence-corrected chi connectivity index (χ3v) is 8.80. The van der Waals surface area contributed by atoms with E-state index in [4.69, 9.17) is 10.5 Å². The third kappa shape index (κ3) is 3.70. The summed E-state index contributed by atoms with van der Waals surface area (Å²) in [7, 11) is -7.11. The summed E-state index contributed by atoms with van der Waals surface area (Å²) in [4.78, 5) is 23.9. The van der Waals surface area contributed by atoms with Crippen molar-refractivity contribution in [3.63, 3.8) is 0 Å². The van der Waals surface area contributed by atoms with Gasteiger partial charge in [0.25, 0.3) is 0 Å². The predicted octanol–water partition coefficient (Wildman–Crippen LogP) is 1.37. The lowest BCUT2D eigenvalue weighted by atomic mass is 9.99. The molecule has 1 atom stereocenters. The molecule has 0 fully saturated rings. The van der Waals surface area contributed by atoms with Gasteiger partial charge in [-0.25, -0.2) is 21.6 Å². The number of hydrogen-bond acceptors (Lipinski definition) is 7. The molecule has 0 spiro atoms. The summed E-state index contributed by atoms with van der Waals surface area (Å²) in [5.41, 5.74) is 4.91. The molecule has 1 aliphatic carbocycles. The number of benzene rings is 1. The van der Waals surface area contributed by atoms with Crippen LogP contribution in [0.4, 0.5) is 0 Å². The quantitative estimate of drug-likeness (QED) is 0.616. The molecule has 1 aromatic carbocycles. The minimum Gasteiger partial charge on any atom is -0.465 e. The zero-order valence-electron chi connectivity index (χ0n) is 15.9. The van der Waals surface area contributed by atoms with Gasteiger partial charge in [-0.1, -0.05) is 26.0 Å². The van der Waals surface area contributed by atoms with E-state index in [-0.39, 0.29) is 46.6 Å². The standard InChI is InChI=1S/C18H23NO7S2/c1-4-9-27(22,23)15-13-11(7-6-8-12(13)17(19)20)14(18(21)26-3)16(15)28(24,25)10-5-2/h6-8,15H,4-5,9-10H2,1-3H3,(H2,19,20)/t15-/m0/s1. The van der Waals surface area contributed by atoms with E-state index in [9.17, 15) is 26.4 Å². The molecule has 0 bridgehead atoms. The monoisotopic (exact) mass is 429 g/mol. The molecule has 0 saturated heterocycles. The first-order valence-electron chi connectivity index (χ1n) is 8.73. The van der Waals surface area contributed by atoms with Crippen LogP contribution in [0.15, 0.2) is 23.1 Å². The van der Waals surface area contributed by atoms with Crippen molar-refractivity contribution in [2.75, 3.05) is 18.6 Å². The minimum atomic E-state index is -4.13. The Labute approximate surface area is 164 Å². The second kappa shape index (κ2) is 8.04. The Hall–Kier alpha value is -2.20. The molecule has 1 aromatic rings. The molecule has 8 nitrogen and oxygen atoms in total. The molecule has 0 aliphatic heterocycles. The highest BCUT2D eigenvalue weighted by atomic mass is 32.2. The molecule has 2 N–H and O–H groups in total. The summed E-state index contributed by atoms with van der Waals surface area (Å²) in [5, 5.41) is -1.67. The van der Waals surface area contributed by atoms with Crippen LogP contribution in [0, 0.1) is 0 Å². The molecule has 0 aromatic heterocycles.